The second kappa shape index (κ2) is 5.31. The predicted molar refractivity (Wildman–Crippen MR) is 64.4 cm³/mol. The first-order valence-corrected chi connectivity index (χ1v) is 6.85. The van der Waals surface area contributed by atoms with E-state index in [-0.39, 0.29) is 0 Å². The Hall–Kier alpha value is -0.370. The van der Waals surface area contributed by atoms with Gasteiger partial charge in [-0.3, -0.25) is 4.79 Å². The summed E-state index contributed by atoms with van der Waals surface area (Å²) in [7, 11) is 1.72. The first-order valence-electron chi connectivity index (χ1n) is 6.85. The number of rotatable bonds is 5. The monoisotopic (exact) mass is 224 g/mol. The average Bonchev–Trinajstić information content (AvgIpc) is 3.13. The molecule has 2 fully saturated rings. The summed E-state index contributed by atoms with van der Waals surface area (Å²) in [6.45, 7) is 0. The largest absolute Gasteiger partial charge is 0.370 e. The molecule has 0 spiro atoms. The van der Waals surface area contributed by atoms with Crippen LogP contribution in [0.4, 0.5) is 0 Å². The van der Waals surface area contributed by atoms with E-state index < -0.39 is 5.60 Å². The van der Waals surface area contributed by atoms with Crippen molar-refractivity contribution in [2.24, 2.45) is 5.92 Å². The zero-order valence-electron chi connectivity index (χ0n) is 10.5. The number of ether oxygens (including phenoxy) is 1. The summed E-state index contributed by atoms with van der Waals surface area (Å²) in [6, 6.07) is 0. The Morgan fingerprint density at radius 3 is 2.31 bits per heavy atom. The molecule has 0 unspecified atom stereocenters. The quantitative estimate of drug-likeness (QED) is 0.668. The van der Waals surface area contributed by atoms with Crippen LogP contribution in [0.2, 0.25) is 0 Å². The maximum absolute atomic E-state index is 12.3. The highest BCUT2D eigenvalue weighted by Gasteiger charge is 2.38. The average molecular weight is 224 g/mol. The second-order valence-corrected chi connectivity index (χ2v) is 5.52. The Morgan fingerprint density at radius 2 is 1.81 bits per heavy atom. The van der Waals surface area contributed by atoms with E-state index in [2.05, 4.69) is 0 Å². The van der Waals surface area contributed by atoms with E-state index in [4.69, 9.17) is 4.74 Å². The third kappa shape index (κ3) is 2.85. The van der Waals surface area contributed by atoms with Gasteiger partial charge in [0.1, 0.15) is 5.60 Å². The molecule has 2 saturated carbocycles. The summed E-state index contributed by atoms with van der Waals surface area (Å²) >= 11 is 0. The molecular formula is C14H24O2. The van der Waals surface area contributed by atoms with Gasteiger partial charge in [-0.25, -0.2) is 0 Å². The number of ketones is 1. The molecule has 0 aromatic carbocycles. The normalized spacial score (nSPS) is 25.1. The Labute approximate surface area is 98.7 Å². The molecule has 2 aliphatic carbocycles. The van der Waals surface area contributed by atoms with Crippen molar-refractivity contribution >= 4 is 5.78 Å². The van der Waals surface area contributed by atoms with E-state index in [0.29, 0.717) is 5.78 Å². The smallest absolute Gasteiger partial charge is 0.164 e. The van der Waals surface area contributed by atoms with Gasteiger partial charge in [0.25, 0.3) is 0 Å². The molecule has 0 aromatic heterocycles. The molecular weight excluding hydrogens is 200 g/mol. The van der Waals surface area contributed by atoms with Crippen LogP contribution in [-0.4, -0.2) is 18.5 Å². The van der Waals surface area contributed by atoms with Crippen LogP contribution in [0.1, 0.15) is 64.2 Å². The van der Waals surface area contributed by atoms with E-state index in [1.165, 1.54) is 25.7 Å². The van der Waals surface area contributed by atoms with Gasteiger partial charge < -0.3 is 4.74 Å². The summed E-state index contributed by atoms with van der Waals surface area (Å²) in [4.78, 5) is 12.3. The molecule has 16 heavy (non-hydrogen) atoms. The van der Waals surface area contributed by atoms with Crippen molar-refractivity contribution in [1.29, 1.82) is 0 Å². The fourth-order valence-electron chi connectivity index (χ4n) is 2.87. The van der Waals surface area contributed by atoms with Crippen LogP contribution in [0.5, 0.6) is 0 Å². The lowest BCUT2D eigenvalue weighted by atomic mass is 9.87. The lowest BCUT2D eigenvalue weighted by Gasteiger charge is -2.29. The molecule has 0 atom stereocenters. The lowest BCUT2D eigenvalue weighted by Crippen LogP contribution is -2.40. The maximum Gasteiger partial charge on any atom is 0.164 e. The maximum atomic E-state index is 12.3. The van der Waals surface area contributed by atoms with Crippen LogP contribution in [0.15, 0.2) is 0 Å². The Bertz CT molecular complexity index is 235. The van der Waals surface area contributed by atoms with Crippen molar-refractivity contribution < 1.29 is 9.53 Å². The number of Topliss-reactive ketones (excluding diaryl/α,β-unsaturated/α-hetero) is 1. The van der Waals surface area contributed by atoms with E-state index in [0.717, 1.165) is 44.4 Å². The summed E-state index contributed by atoms with van der Waals surface area (Å²) in [5.74, 6) is 1.23. The van der Waals surface area contributed by atoms with Crippen LogP contribution in [0.25, 0.3) is 0 Å². The first kappa shape index (κ1) is 12.1. The fourth-order valence-corrected chi connectivity index (χ4v) is 2.87. The van der Waals surface area contributed by atoms with Crippen molar-refractivity contribution in [1.82, 2.24) is 0 Å². The third-order valence-electron chi connectivity index (χ3n) is 4.29. The van der Waals surface area contributed by atoms with Crippen molar-refractivity contribution in [3.05, 3.63) is 0 Å². The molecule has 0 N–H and O–H groups in total. The van der Waals surface area contributed by atoms with Gasteiger partial charge in [-0.1, -0.05) is 38.5 Å². The number of carbonyl (C=O) groups excluding carboxylic acids is 1. The van der Waals surface area contributed by atoms with E-state index >= 15 is 0 Å². The van der Waals surface area contributed by atoms with Crippen LogP contribution in [0, 0.1) is 5.92 Å². The number of hydrogen-bond acceptors (Lipinski definition) is 2. The van der Waals surface area contributed by atoms with Gasteiger partial charge in [0.05, 0.1) is 0 Å². The summed E-state index contributed by atoms with van der Waals surface area (Å²) < 4.78 is 5.62. The molecule has 0 saturated heterocycles. The minimum absolute atomic E-state index is 0.379. The highest BCUT2D eigenvalue weighted by atomic mass is 16.5. The number of carbonyl (C=O) groups is 1. The van der Waals surface area contributed by atoms with Crippen molar-refractivity contribution in [2.75, 3.05) is 7.11 Å². The molecule has 0 aliphatic heterocycles. The van der Waals surface area contributed by atoms with Gasteiger partial charge in [0, 0.05) is 13.5 Å². The minimum Gasteiger partial charge on any atom is -0.370 e. The van der Waals surface area contributed by atoms with Gasteiger partial charge in [-0.05, 0) is 25.2 Å². The van der Waals surface area contributed by atoms with Crippen LogP contribution in [0.3, 0.4) is 0 Å². The molecule has 0 aromatic rings. The molecule has 0 heterocycles. The Kier molecular flexibility index (Phi) is 4.01. The number of methoxy groups -OCH3 is 1. The summed E-state index contributed by atoms with van der Waals surface area (Å²) in [5, 5.41) is 0. The number of hydrogen-bond donors (Lipinski definition) is 0. The highest BCUT2D eigenvalue weighted by Crippen LogP contribution is 2.37. The van der Waals surface area contributed by atoms with Crippen molar-refractivity contribution in [3.8, 4) is 0 Å². The van der Waals surface area contributed by atoms with Crippen LogP contribution >= 0.6 is 0 Å². The molecule has 0 radical (unpaired) electrons. The molecule has 2 nitrogen and oxygen atoms in total. The van der Waals surface area contributed by atoms with E-state index in [9.17, 15) is 4.79 Å². The molecule has 92 valence electrons. The lowest BCUT2D eigenvalue weighted by molar-refractivity contribution is -0.143. The zero-order chi connectivity index (χ0) is 11.4. The summed E-state index contributed by atoms with van der Waals surface area (Å²) in [6.07, 6.45) is 11.3. The fraction of sp³-hybridized carbons (Fsp3) is 0.929. The van der Waals surface area contributed by atoms with Gasteiger partial charge >= 0.3 is 0 Å². The van der Waals surface area contributed by atoms with Crippen LogP contribution < -0.4 is 0 Å². The topological polar surface area (TPSA) is 26.3 Å². The Morgan fingerprint density at radius 1 is 1.19 bits per heavy atom. The third-order valence-corrected chi connectivity index (χ3v) is 4.29. The van der Waals surface area contributed by atoms with Gasteiger partial charge in [0.2, 0.25) is 0 Å². The highest BCUT2D eigenvalue weighted by molar-refractivity contribution is 5.87. The van der Waals surface area contributed by atoms with Crippen molar-refractivity contribution in [2.45, 2.75) is 69.8 Å². The molecule has 2 aliphatic rings. The molecule has 2 heteroatoms. The molecule has 0 amide bonds. The van der Waals surface area contributed by atoms with Gasteiger partial charge in [-0.15, -0.1) is 0 Å². The van der Waals surface area contributed by atoms with E-state index in [1.54, 1.807) is 7.11 Å². The SMILES string of the molecule is COC1(C(=O)CCC2CC2)CCCCCC1. The van der Waals surface area contributed by atoms with Gasteiger partial charge in [0.15, 0.2) is 5.78 Å². The Balaban J connectivity index is 1.90. The molecule has 0 bridgehead atoms. The minimum atomic E-state index is -0.411. The zero-order valence-corrected chi connectivity index (χ0v) is 10.5. The van der Waals surface area contributed by atoms with Crippen molar-refractivity contribution in [3.63, 3.8) is 0 Å². The van der Waals surface area contributed by atoms with E-state index in [1.807, 2.05) is 0 Å². The summed E-state index contributed by atoms with van der Waals surface area (Å²) in [5.41, 5.74) is -0.411. The predicted octanol–water partition coefficient (Wildman–Crippen LogP) is 3.49. The molecule has 2 rings (SSSR count). The second-order valence-electron chi connectivity index (χ2n) is 5.52. The van der Waals surface area contributed by atoms with Crippen LogP contribution in [-0.2, 0) is 9.53 Å². The first-order chi connectivity index (χ1) is 7.77. The van der Waals surface area contributed by atoms with Gasteiger partial charge in [-0.2, -0.15) is 0 Å². The standard InChI is InChI=1S/C14H24O2/c1-16-14(10-4-2-3-5-11-14)13(15)9-8-12-6-7-12/h12H,2-11H2,1H3.